The number of carbonyl (C=O) groups is 4. The number of halogens is 2. The van der Waals surface area contributed by atoms with E-state index in [2.05, 4.69) is 4.74 Å². The molecular weight excluding hydrogens is 374 g/mol. The van der Waals surface area contributed by atoms with Gasteiger partial charge in [-0.25, -0.2) is 4.79 Å². The van der Waals surface area contributed by atoms with Crippen molar-refractivity contribution < 1.29 is 51.6 Å². The molecule has 11 heteroatoms. The van der Waals surface area contributed by atoms with Crippen LogP contribution in [0, 0.1) is 0 Å². The first-order chi connectivity index (χ1) is 12.5. The van der Waals surface area contributed by atoms with Crippen LogP contribution >= 0.6 is 0 Å². The summed E-state index contributed by atoms with van der Waals surface area (Å²) in [6, 6.07) is 0. The second-order valence-electron chi connectivity index (χ2n) is 5.45. The van der Waals surface area contributed by atoms with E-state index in [1.807, 2.05) is 0 Å². The zero-order valence-electron chi connectivity index (χ0n) is 15.2. The largest absolute Gasteiger partial charge is 0.490 e. The third kappa shape index (κ3) is 5.90. The molecule has 0 bridgehead atoms. The Hall–Kier alpha value is -2.72. The molecule has 0 saturated carbocycles. The van der Waals surface area contributed by atoms with Crippen molar-refractivity contribution >= 4 is 23.9 Å². The van der Waals surface area contributed by atoms with E-state index in [0.717, 1.165) is 20.8 Å². The van der Waals surface area contributed by atoms with Crippen molar-refractivity contribution in [2.24, 2.45) is 0 Å². The minimum absolute atomic E-state index is 0.316. The Labute approximate surface area is 153 Å². The quantitative estimate of drug-likeness (QED) is 0.459. The molecule has 0 aliphatic carbocycles. The average Bonchev–Trinajstić information content (AvgIpc) is 2.54. The third-order valence-electron chi connectivity index (χ3n) is 3.28. The van der Waals surface area contributed by atoms with Crippen molar-refractivity contribution in [1.29, 1.82) is 0 Å². The van der Waals surface area contributed by atoms with Crippen LogP contribution in [0.3, 0.4) is 0 Å². The fraction of sp³-hybridized carbons (Fsp3) is 0.625. The Morgan fingerprint density at radius 2 is 1.63 bits per heavy atom. The Morgan fingerprint density at radius 1 is 1.04 bits per heavy atom. The van der Waals surface area contributed by atoms with Crippen LogP contribution in [0.5, 0.6) is 0 Å². The molecule has 0 saturated heterocycles. The fourth-order valence-electron chi connectivity index (χ4n) is 2.24. The van der Waals surface area contributed by atoms with E-state index in [0.29, 0.717) is 6.26 Å². The molecule has 9 nitrogen and oxygen atoms in total. The van der Waals surface area contributed by atoms with Gasteiger partial charge in [0.2, 0.25) is 0 Å². The van der Waals surface area contributed by atoms with E-state index < -0.39 is 60.3 Å². The topological polar surface area (TPSA) is 114 Å². The first-order valence-corrected chi connectivity index (χ1v) is 7.89. The van der Waals surface area contributed by atoms with Crippen LogP contribution in [0.15, 0.2) is 11.8 Å². The lowest BCUT2D eigenvalue weighted by Crippen LogP contribution is -2.53. The van der Waals surface area contributed by atoms with Gasteiger partial charge in [0.15, 0.2) is 18.3 Å². The lowest BCUT2D eigenvalue weighted by Gasteiger charge is -2.37. The lowest BCUT2D eigenvalue weighted by atomic mass is 9.93. The molecule has 3 atom stereocenters. The Kier molecular flexibility index (Phi) is 7.68. The van der Waals surface area contributed by atoms with Gasteiger partial charge in [0.25, 0.3) is 0 Å². The van der Waals surface area contributed by atoms with Gasteiger partial charge in [-0.3, -0.25) is 14.4 Å². The monoisotopic (exact) mass is 394 g/mol. The summed E-state index contributed by atoms with van der Waals surface area (Å²) in [5.74, 6) is -8.68. The zero-order chi connectivity index (χ0) is 20.8. The Balaban J connectivity index is 3.31. The van der Waals surface area contributed by atoms with Gasteiger partial charge in [0.05, 0.1) is 18.4 Å². The molecule has 0 amide bonds. The minimum Gasteiger partial charge on any atom is -0.490 e. The van der Waals surface area contributed by atoms with Crippen LogP contribution in [0.2, 0.25) is 0 Å². The maximum Gasteiger partial charge on any atom is 0.381 e. The summed E-state index contributed by atoms with van der Waals surface area (Å²) >= 11 is 0. The molecular formula is C16H20F2O9. The van der Waals surface area contributed by atoms with Gasteiger partial charge in [-0.1, -0.05) is 0 Å². The molecule has 0 aromatic rings. The molecule has 1 aliphatic heterocycles. The zero-order valence-corrected chi connectivity index (χ0v) is 15.2. The maximum atomic E-state index is 14.5. The number of carbonyl (C=O) groups excluding carboxylic acids is 4. The number of alkyl halides is 2. The van der Waals surface area contributed by atoms with Gasteiger partial charge in [-0.2, -0.15) is 8.78 Å². The molecule has 1 aliphatic rings. The second kappa shape index (κ2) is 9.28. The van der Waals surface area contributed by atoms with Crippen LogP contribution in [-0.4, -0.2) is 61.3 Å². The molecule has 152 valence electrons. The molecule has 0 fully saturated rings. The van der Waals surface area contributed by atoms with E-state index in [1.54, 1.807) is 0 Å². The molecule has 0 unspecified atom stereocenters. The van der Waals surface area contributed by atoms with Gasteiger partial charge in [-0.05, 0) is 6.92 Å². The van der Waals surface area contributed by atoms with Gasteiger partial charge in [-0.15, -0.1) is 0 Å². The standard InChI is InChI=1S/C16H20F2O9/c1-5-23-15(22)16(17,18)11-6-25-12(7-24-8(2)19)14(27-10(4)21)13(11)26-9(3)20/h6,12-14H,5,7H2,1-4H3/t12-,13-,14-/m1/s1. The number of esters is 4. The van der Waals surface area contributed by atoms with Crippen molar-refractivity contribution in [3.05, 3.63) is 11.8 Å². The predicted molar refractivity (Wildman–Crippen MR) is 82.3 cm³/mol. The Morgan fingerprint density at radius 3 is 2.11 bits per heavy atom. The molecule has 27 heavy (non-hydrogen) atoms. The molecule has 0 spiro atoms. The minimum atomic E-state index is -4.22. The van der Waals surface area contributed by atoms with Crippen LogP contribution in [0.25, 0.3) is 0 Å². The van der Waals surface area contributed by atoms with Crippen molar-refractivity contribution in [3.8, 4) is 0 Å². The number of ether oxygens (including phenoxy) is 5. The SMILES string of the molecule is CCOC(=O)C(F)(F)C1=CO[C@H](COC(C)=O)[C@@H](OC(C)=O)[C@@H]1OC(C)=O. The first kappa shape index (κ1) is 22.3. The number of hydrogen-bond acceptors (Lipinski definition) is 9. The molecule has 0 radical (unpaired) electrons. The van der Waals surface area contributed by atoms with Crippen LogP contribution in [0.4, 0.5) is 8.78 Å². The van der Waals surface area contributed by atoms with E-state index in [1.165, 1.54) is 6.92 Å². The summed E-state index contributed by atoms with van der Waals surface area (Å²) in [5.41, 5.74) is -1.07. The predicted octanol–water partition coefficient (Wildman–Crippen LogP) is 0.894. The van der Waals surface area contributed by atoms with Gasteiger partial charge < -0.3 is 23.7 Å². The van der Waals surface area contributed by atoms with Crippen molar-refractivity contribution in [3.63, 3.8) is 0 Å². The summed E-state index contributed by atoms with van der Waals surface area (Å²) in [6.45, 7) is 3.59. The van der Waals surface area contributed by atoms with Gasteiger partial charge in [0.1, 0.15) is 6.61 Å². The van der Waals surface area contributed by atoms with Crippen LogP contribution < -0.4 is 0 Å². The van der Waals surface area contributed by atoms with Gasteiger partial charge >= 0.3 is 29.8 Å². The highest BCUT2D eigenvalue weighted by Crippen LogP contribution is 2.36. The van der Waals surface area contributed by atoms with Crippen LogP contribution in [-0.2, 0) is 42.9 Å². The van der Waals surface area contributed by atoms with E-state index >= 15 is 0 Å². The normalized spacial score (nSPS) is 22.0. The van der Waals surface area contributed by atoms with Crippen molar-refractivity contribution in [1.82, 2.24) is 0 Å². The highest BCUT2D eigenvalue weighted by Gasteiger charge is 2.55. The highest BCUT2D eigenvalue weighted by molar-refractivity contribution is 5.82. The van der Waals surface area contributed by atoms with Crippen molar-refractivity contribution in [2.75, 3.05) is 13.2 Å². The lowest BCUT2D eigenvalue weighted by molar-refractivity contribution is -0.189. The number of rotatable bonds is 7. The molecule has 1 rings (SSSR count). The molecule has 0 aromatic heterocycles. The summed E-state index contributed by atoms with van der Waals surface area (Å²) < 4.78 is 53.0. The molecule has 0 N–H and O–H groups in total. The molecule has 1 heterocycles. The average molecular weight is 394 g/mol. The van der Waals surface area contributed by atoms with Gasteiger partial charge in [0, 0.05) is 20.8 Å². The maximum absolute atomic E-state index is 14.5. The van der Waals surface area contributed by atoms with E-state index in [9.17, 15) is 28.0 Å². The van der Waals surface area contributed by atoms with Crippen LogP contribution in [0.1, 0.15) is 27.7 Å². The molecule has 0 aromatic carbocycles. The first-order valence-electron chi connectivity index (χ1n) is 7.89. The second-order valence-corrected chi connectivity index (χ2v) is 5.45. The van der Waals surface area contributed by atoms with E-state index in [4.69, 9.17) is 18.9 Å². The summed E-state index contributed by atoms with van der Waals surface area (Å²) in [6.07, 6.45) is -4.19. The number of hydrogen-bond donors (Lipinski definition) is 0. The summed E-state index contributed by atoms with van der Waals surface area (Å²) in [7, 11) is 0. The summed E-state index contributed by atoms with van der Waals surface area (Å²) in [5, 5.41) is 0. The highest BCUT2D eigenvalue weighted by atomic mass is 19.3. The smallest absolute Gasteiger partial charge is 0.381 e. The van der Waals surface area contributed by atoms with E-state index in [-0.39, 0.29) is 6.61 Å². The fourth-order valence-corrected chi connectivity index (χ4v) is 2.24. The van der Waals surface area contributed by atoms with Crippen molar-refractivity contribution in [2.45, 2.75) is 51.9 Å². The third-order valence-corrected chi connectivity index (χ3v) is 3.28. The summed E-state index contributed by atoms with van der Waals surface area (Å²) in [4.78, 5) is 45.4. The Bertz CT molecular complexity index is 629.